The quantitative estimate of drug-likeness (QED) is 0.163. The van der Waals surface area contributed by atoms with E-state index in [1.54, 1.807) is 18.6 Å². The van der Waals surface area contributed by atoms with Crippen LogP contribution in [-0.4, -0.2) is 61.3 Å². The minimum atomic E-state index is -0.349. The summed E-state index contributed by atoms with van der Waals surface area (Å²) in [4.78, 5) is 19.7. The third kappa shape index (κ3) is 6.15. The van der Waals surface area contributed by atoms with Crippen LogP contribution in [0.3, 0.4) is 0 Å². The average Bonchev–Trinajstić information content (AvgIpc) is 3.87. The number of fused-ring (bicyclic) bond motifs is 2. The molecule has 0 aliphatic carbocycles. The monoisotopic (exact) mass is 625 g/mol. The minimum Gasteiger partial charge on any atom is -0.492 e. The highest BCUT2D eigenvalue weighted by molar-refractivity contribution is 5.99. The highest BCUT2D eigenvalue weighted by Gasteiger charge is 2.17. The van der Waals surface area contributed by atoms with Gasteiger partial charge in [-0.15, -0.1) is 0 Å². The second-order valence-electron chi connectivity index (χ2n) is 11.7. The molecule has 1 fully saturated rings. The zero-order chi connectivity index (χ0) is 31.6. The van der Waals surface area contributed by atoms with Crippen LogP contribution in [0.2, 0.25) is 0 Å². The van der Waals surface area contributed by atoms with Crippen LogP contribution in [0.4, 0.5) is 4.39 Å². The summed E-state index contributed by atoms with van der Waals surface area (Å²) in [5, 5.41) is 8.54. The normalized spacial score (nSPS) is 13.5. The standard InChI is InChI=1S/C37H32FN7O2/c38-27-16-25(17-28(19-27)46-15-14-45-12-4-5-13-45)30-10-11-40-37-31(30)20-34(42-37)36-35-33(43-44-36)9-8-32(41-35)26-18-29(22-39-21-26)47-23-24-6-2-1-3-7-24/h1-3,6-11,16-22H,4-5,12-15,23H2,(H,40,42)(H,43,44). The zero-order valence-corrected chi connectivity index (χ0v) is 25.6. The van der Waals surface area contributed by atoms with Crippen LogP contribution in [0.5, 0.6) is 11.5 Å². The van der Waals surface area contributed by atoms with Gasteiger partial charge >= 0.3 is 0 Å². The second kappa shape index (κ2) is 12.6. The number of nitrogens with zero attached hydrogens (tertiary/aromatic N) is 5. The molecule has 8 rings (SSSR count). The molecule has 0 atom stereocenters. The van der Waals surface area contributed by atoms with Crippen LogP contribution >= 0.6 is 0 Å². The molecule has 47 heavy (non-hydrogen) atoms. The molecule has 0 spiro atoms. The first kappa shape index (κ1) is 28.8. The third-order valence-electron chi connectivity index (χ3n) is 8.51. The number of pyridine rings is 3. The fourth-order valence-corrected chi connectivity index (χ4v) is 6.13. The maximum absolute atomic E-state index is 14.8. The number of benzene rings is 2. The molecule has 7 aromatic rings. The van der Waals surface area contributed by atoms with Crippen LogP contribution in [0, 0.1) is 5.82 Å². The molecule has 2 aromatic carbocycles. The topological polar surface area (TPSA) is 105 Å². The van der Waals surface area contributed by atoms with Gasteiger partial charge in [0.25, 0.3) is 0 Å². The fraction of sp³-hybridized carbons (Fsp3) is 0.189. The van der Waals surface area contributed by atoms with Gasteiger partial charge in [0.05, 0.1) is 23.1 Å². The van der Waals surface area contributed by atoms with Crippen molar-refractivity contribution in [2.75, 3.05) is 26.2 Å². The van der Waals surface area contributed by atoms with Crippen molar-refractivity contribution in [2.45, 2.75) is 19.4 Å². The molecule has 0 amide bonds. The van der Waals surface area contributed by atoms with Crippen molar-refractivity contribution in [3.8, 4) is 45.3 Å². The van der Waals surface area contributed by atoms with Crippen molar-refractivity contribution in [2.24, 2.45) is 0 Å². The average molecular weight is 626 g/mol. The Morgan fingerprint density at radius 2 is 1.72 bits per heavy atom. The van der Waals surface area contributed by atoms with Gasteiger partial charge in [0, 0.05) is 36.0 Å². The van der Waals surface area contributed by atoms with Crippen molar-refractivity contribution in [3.05, 3.63) is 109 Å². The number of aromatic amines is 2. The van der Waals surface area contributed by atoms with Crippen molar-refractivity contribution >= 4 is 22.1 Å². The number of hydrogen-bond acceptors (Lipinski definition) is 7. The van der Waals surface area contributed by atoms with Gasteiger partial charge < -0.3 is 14.5 Å². The Morgan fingerprint density at radius 3 is 2.62 bits per heavy atom. The van der Waals surface area contributed by atoms with E-state index in [1.165, 1.54) is 25.0 Å². The molecule has 10 heteroatoms. The number of halogens is 1. The number of nitrogens with one attached hydrogen (secondary N) is 2. The number of hydrogen-bond donors (Lipinski definition) is 2. The van der Waals surface area contributed by atoms with Gasteiger partial charge in [-0.2, -0.15) is 5.10 Å². The van der Waals surface area contributed by atoms with Crippen molar-refractivity contribution in [1.82, 2.24) is 35.0 Å². The molecule has 2 N–H and O–H groups in total. The molecule has 5 aromatic heterocycles. The van der Waals surface area contributed by atoms with E-state index in [1.807, 2.05) is 66.7 Å². The smallest absolute Gasteiger partial charge is 0.138 e. The van der Waals surface area contributed by atoms with E-state index in [2.05, 4.69) is 30.0 Å². The van der Waals surface area contributed by atoms with Crippen LogP contribution in [0.25, 0.3) is 55.8 Å². The molecule has 1 saturated heterocycles. The van der Waals surface area contributed by atoms with Crippen molar-refractivity contribution < 1.29 is 13.9 Å². The molecule has 1 aliphatic heterocycles. The molecule has 9 nitrogen and oxygen atoms in total. The first-order valence-electron chi connectivity index (χ1n) is 15.8. The highest BCUT2D eigenvalue weighted by Crippen LogP contribution is 2.35. The molecular formula is C37H32FN7O2. The number of ether oxygens (including phenoxy) is 2. The number of rotatable bonds is 10. The Kier molecular flexibility index (Phi) is 7.76. The summed E-state index contributed by atoms with van der Waals surface area (Å²) in [6, 6.07) is 24.6. The molecule has 0 saturated carbocycles. The van der Waals surface area contributed by atoms with Gasteiger partial charge in [-0.25, -0.2) is 14.4 Å². The summed E-state index contributed by atoms with van der Waals surface area (Å²) in [6.45, 7) is 4.00. The SMILES string of the molecule is Fc1cc(OCCN2CCCC2)cc(-c2ccnc3[nH]c(-c4n[nH]c5ccc(-c6cncc(OCc7ccccc7)c6)nc45)cc23)c1. The van der Waals surface area contributed by atoms with E-state index in [-0.39, 0.29) is 5.82 Å². The number of likely N-dealkylation sites (tertiary alicyclic amines) is 1. The first-order chi connectivity index (χ1) is 23.2. The van der Waals surface area contributed by atoms with E-state index < -0.39 is 0 Å². The highest BCUT2D eigenvalue weighted by atomic mass is 19.1. The largest absolute Gasteiger partial charge is 0.492 e. The van der Waals surface area contributed by atoms with Gasteiger partial charge in [0.15, 0.2) is 0 Å². The van der Waals surface area contributed by atoms with Crippen LogP contribution in [0.15, 0.2) is 97.5 Å². The van der Waals surface area contributed by atoms with Crippen molar-refractivity contribution in [1.29, 1.82) is 0 Å². The van der Waals surface area contributed by atoms with Crippen LogP contribution < -0.4 is 9.47 Å². The maximum Gasteiger partial charge on any atom is 0.138 e. The van der Waals surface area contributed by atoms with E-state index in [4.69, 9.17) is 14.5 Å². The lowest BCUT2D eigenvalue weighted by molar-refractivity contribution is 0.237. The van der Waals surface area contributed by atoms with Gasteiger partial charge in [0.1, 0.15) is 47.4 Å². The van der Waals surface area contributed by atoms with Gasteiger partial charge in [-0.1, -0.05) is 30.3 Å². The molecule has 0 bridgehead atoms. The zero-order valence-electron chi connectivity index (χ0n) is 25.6. The molecule has 1 aliphatic rings. The van der Waals surface area contributed by atoms with E-state index in [0.717, 1.165) is 58.6 Å². The molecule has 6 heterocycles. The summed E-state index contributed by atoms with van der Waals surface area (Å²) >= 11 is 0. The summed E-state index contributed by atoms with van der Waals surface area (Å²) in [7, 11) is 0. The third-order valence-corrected chi connectivity index (χ3v) is 8.51. The summed E-state index contributed by atoms with van der Waals surface area (Å²) in [6.07, 6.45) is 7.64. The molecule has 0 radical (unpaired) electrons. The van der Waals surface area contributed by atoms with E-state index in [9.17, 15) is 4.39 Å². The lowest BCUT2D eigenvalue weighted by Crippen LogP contribution is -2.25. The molecule has 0 unspecified atom stereocenters. The molecular weight excluding hydrogens is 593 g/mol. The van der Waals surface area contributed by atoms with Crippen LogP contribution in [-0.2, 0) is 6.61 Å². The van der Waals surface area contributed by atoms with Gasteiger partial charge in [-0.05, 0) is 85.1 Å². The Labute approximate surface area is 270 Å². The minimum absolute atomic E-state index is 0.349. The predicted octanol–water partition coefficient (Wildman–Crippen LogP) is 7.42. The number of aromatic nitrogens is 6. The van der Waals surface area contributed by atoms with E-state index >= 15 is 0 Å². The lowest BCUT2D eigenvalue weighted by Gasteiger charge is -2.15. The van der Waals surface area contributed by atoms with Crippen LogP contribution in [0.1, 0.15) is 18.4 Å². The second-order valence-corrected chi connectivity index (χ2v) is 11.7. The maximum atomic E-state index is 14.8. The van der Waals surface area contributed by atoms with Gasteiger partial charge in [-0.3, -0.25) is 15.0 Å². The number of H-pyrrole nitrogens is 2. The summed E-state index contributed by atoms with van der Waals surface area (Å²) < 4.78 is 26.8. The summed E-state index contributed by atoms with van der Waals surface area (Å²) in [5.74, 6) is 0.824. The van der Waals surface area contributed by atoms with Crippen molar-refractivity contribution in [3.63, 3.8) is 0 Å². The Morgan fingerprint density at radius 1 is 0.851 bits per heavy atom. The Hall–Kier alpha value is -5.61. The predicted molar refractivity (Wildman–Crippen MR) is 180 cm³/mol. The Bertz CT molecular complexity index is 2170. The molecule has 234 valence electrons. The first-order valence-corrected chi connectivity index (χ1v) is 15.8. The lowest BCUT2D eigenvalue weighted by atomic mass is 10.0. The Balaban J connectivity index is 1.08. The summed E-state index contributed by atoms with van der Waals surface area (Å²) in [5.41, 5.74) is 7.76. The fourth-order valence-electron chi connectivity index (χ4n) is 6.13. The van der Waals surface area contributed by atoms with E-state index in [0.29, 0.717) is 47.1 Å². The van der Waals surface area contributed by atoms with Gasteiger partial charge in [0.2, 0.25) is 0 Å².